The Balaban J connectivity index is 1.75. The van der Waals surface area contributed by atoms with Crippen LogP contribution in [-0.2, 0) is 11.3 Å². The van der Waals surface area contributed by atoms with Crippen molar-refractivity contribution in [2.24, 2.45) is 5.92 Å². The van der Waals surface area contributed by atoms with Gasteiger partial charge < -0.3 is 10.6 Å². The van der Waals surface area contributed by atoms with Crippen LogP contribution in [0.15, 0.2) is 18.3 Å². The van der Waals surface area contributed by atoms with Gasteiger partial charge >= 0.3 is 0 Å². The summed E-state index contributed by atoms with van der Waals surface area (Å²) in [5.41, 5.74) is 7.04. The third-order valence-corrected chi connectivity index (χ3v) is 4.57. The molecule has 0 aromatic carbocycles. The second-order valence-electron chi connectivity index (χ2n) is 6.00. The van der Waals surface area contributed by atoms with Crippen LogP contribution in [0.1, 0.15) is 25.3 Å². The van der Waals surface area contributed by atoms with Crippen molar-refractivity contribution in [2.45, 2.75) is 32.4 Å². The highest BCUT2D eigenvalue weighted by Crippen LogP contribution is 2.29. The summed E-state index contributed by atoms with van der Waals surface area (Å²) >= 11 is 0. The number of aromatic nitrogens is 1. The Morgan fingerprint density at radius 2 is 2.25 bits per heavy atom. The number of nitrogens with zero attached hydrogens (tertiary/aromatic N) is 3. The molecule has 1 aromatic heterocycles. The van der Waals surface area contributed by atoms with E-state index in [-0.39, 0.29) is 5.91 Å². The van der Waals surface area contributed by atoms with E-state index in [0.717, 1.165) is 31.7 Å². The van der Waals surface area contributed by atoms with E-state index in [4.69, 9.17) is 5.73 Å². The number of rotatable bonds is 2. The Hall–Kier alpha value is -1.62. The Labute approximate surface area is 119 Å². The van der Waals surface area contributed by atoms with Crippen molar-refractivity contribution in [2.75, 3.05) is 25.4 Å². The molecule has 2 bridgehead atoms. The fourth-order valence-corrected chi connectivity index (χ4v) is 3.43. The summed E-state index contributed by atoms with van der Waals surface area (Å²) < 4.78 is 0. The van der Waals surface area contributed by atoms with Crippen LogP contribution in [0.4, 0.5) is 5.82 Å². The zero-order valence-corrected chi connectivity index (χ0v) is 12.0. The SMILES string of the molecule is CC(=O)N1C[C@@H]2CC[C@H](C1)N(Cc1cccnc1N)C2. The van der Waals surface area contributed by atoms with Crippen molar-refractivity contribution in [3.05, 3.63) is 23.9 Å². The number of nitrogens with two attached hydrogens (primary N) is 1. The number of fused-ring (bicyclic) bond motifs is 4. The number of carbonyl (C=O) groups excluding carboxylic acids is 1. The van der Waals surface area contributed by atoms with Crippen LogP contribution in [0.3, 0.4) is 0 Å². The Morgan fingerprint density at radius 1 is 1.40 bits per heavy atom. The number of nitrogen functional groups attached to an aromatic ring is 1. The standard InChI is InChI=1S/C15H22N4O/c1-11(20)18-7-12-4-5-14(10-18)19(8-12)9-13-3-2-6-17-15(13)16/h2-3,6,12,14H,4-5,7-10H2,1H3,(H2,16,17)/t12-,14+/m0/s1. The molecule has 5 heteroatoms. The second-order valence-corrected chi connectivity index (χ2v) is 6.00. The van der Waals surface area contributed by atoms with Gasteiger partial charge in [-0.1, -0.05) is 6.07 Å². The average Bonchev–Trinajstić information content (AvgIpc) is 2.73. The lowest BCUT2D eigenvalue weighted by atomic mass is 9.94. The summed E-state index contributed by atoms with van der Waals surface area (Å²) in [4.78, 5) is 20.3. The van der Waals surface area contributed by atoms with Crippen molar-refractivity contribution < 1.29 is 4.79 Å². The molecule has 4 heterocycles. The van der Waals surface area contributed by atoms with E-state index in [2.05, 4.69) is 9.88 Å². The smallest absolute Gasteiger partial charge is 0.219 e. The molecule has 0 spiro atoms. The molecule has 20 heavy (non-hydrogen) atoms. The van der Waals surface area contributed by atoms with Crippen LogP contribution in [-0.4, -0.2) is 46.4 Å². The predicted octanol–water partition coefficient (Wildman–Crippen LogP) is 1.11. The van der Waals surface area contributed by atoms with Crippen LogP contribution in [0.25, 0.3) is 0 Å². The average molecular weight is 274 g/mol. The Morgan fingerprint density at radius 3 is 3.00 bits per heavy atom. The summed E-state index contributed by atoms with van der Waals surface area (Å²) in [5, 5.41) is 0. The van der Waals surface area contributed by atoms with E-state index in [0.29, 0.717) is 17.8 Å². The van der Waals surface area contributed by atoms with Gasteiger partial charge in [0.25, 0.3) is 0 Å². The largest absolute Gasteiger partial charge is 0.383 e. The number of pyridine rings is 1. The number of carbonyl (C=O) groups is 1. The first-order valence-electron chi connectivity index (χ1n) is 7.32. The fraction of sp³-hybridized carbons (Fsp3) is 0.600. The van der Waals surface area contributed by atoms with Crippen LogP contribution in [0.2, 0.25) is 0 Å². The minimum atomic E-state index is 0.199. The lowest BCUT2D eigenvalue weighted by molar-refractivity contribution is -0.129. The van der Waals surface area contributed by atoms with E-state index in [1.165, 1.54) is 12.8 Å². The maximum atomic E-state index is 11.7. The summed E-state index contributed by atoms with van der Waals surface area (Å²) in [6.45, 7) is 5.33. The maximum absolute atomic E-state index is 11.7. The highest BCUT2D eigenvalue weighted by Gasteiger charge is 2.35. The summed E-state index contributed by atoms with van der Waals surface area (Å²) in [6, 6.07) is 4.44. The van der Waals surface area contributed by atoms with E-state index < -0.39 is 0 Å². The summed E-state index contributed by atoms with van der Waals surface area (Å²) in [5.74, 6) is 1.41. The van der Waals surface area contributed by atoms with E-state index in [9.17, 15) is 4.79 Å². The minimum Gasteiger partial charge on any atom is -0.383 e. The molecule has 5 nitrogen and oxygen atoms in total. The minimum absolute atomic E-state index is 0.199. The van der Waals surface area contributed by atoms with Crippen molar-refractivity contribution >= 4 is 11.7 Å². The third kappa shape index (κ3) is 2.63. The van der Waals surface area contributed by atoms with Gasteiger partial charge in [0.05, 0.1) is 0 Å². The lowest BCUT2D eigenvalue weighted by Gasteiger charge is -2.36. The molecule has 3 saturated heterocycles. The molecule has 3 aliphatic heterocycles. The Kier molecular flexibility index (Phi) is 3.61. The molecule has 0 unspecified atom stereocenters. The van der Waals surface area contributed by atoms with Crippen molar-refractivity contribution in [3.63, 3.8) is 0 Å². The monoisotopic (exact) mass is 274 g/mol. The normalized spacial score (nSPS) is 26.6. The molecular formula is C15H22N4O. The molecule has 1 amide bonds. The molecule has 1 aromatic rings. The molecule has 2 atom stereocenters. The maximum Gasteiger partial charge on any atom is 0.219 e. The van der Waals surface area contributed by atoms with Crippen LogP contribution >= 0.6 is 0 Å². The highest BCUT2D eigenvalue weighted by atomic mass is 16.2. The van der Waals surface area contributed by atoms with E-state index in [1.54, 1.807) is 13.1 Å². The molecule has 108 valence electrons. The Bertz CT molecular complexity index is 504. The van der Waals surface area contributed by atoms with Gasteiger partial charge in [0, 0.05) is 50.9 Å². The van der Waals surface area contributed by atoms with Gasteiger partial charge in [0.15, 0.2) is 0 Å². The molecule has 3 fully saturated rings. The zero-order valence-electron chi connectivity index (χ0n) is 12.0. The molecule has 3 aliphatic rings. The summed E-state index contributed by atoms with van der Waals surface area (Å²) in [7, 11) is 0. The van der Waals surface area contributed by atoms with Crippen molar-refractivity contribution in [1.29, 1.82) is 0 Å². The van der Waals surface area contributed by atoms with Crippen LogP contribution in [0.5, 0.6) is 0 Å². The number of piperidine rings is 1. The number of amides is 1. The van der Waals surface area contributed by atoms with E-state index >= 15 is 0 Å². The quantitative estimate of drug-likeness (QED) is 0.877. The predicted molar refractivity (Wildman–Crippen MR) is 77.8 cm³/mol. The third-order valence-electron chi connectivity index (χ3n) is 4.57. The molecule has 2 N–H and O–H groups in total. The van der Waals surface area contributed by atoms with Gasteiger partial charge in [-0.05, 0) is 24.8 Å². The molecule has 0 radical (unpaired) electrons. The zero-order chi connectivity index (χ0) is 14.1. The first kappa shape index (κ1) is 13.4. The van der Waals surface area contributed by atoms with Gasteiger partial charge in [0.1, 0.15) is 5.82 Å². The fourth-order valence-electron chi connectivity index (χ4n) is 3.43. The summed E-state index contributed by atoms with van der Waals surface area (Å²) in [6.07, 6.45) is 4.13. The van der Waals surface area contributed by atoms with Gasteiger partial charge in [-0.25, -0.2) is 4.98 Å². The van der Waals surface area contributed by atoms with Crippen LogP contribution < -0.4 is 5.73 Å². The number of hydrogen-bond acceptors (Lipinski definition) is 4. The lowest BCUT2D eigenvalue weighted by Crippen LogP contribution is -2.43. The van der Waals surface area contributed by atoms with E-state index in [1.807, 2.05) is 17.0 Å². The topological polar surface area (TPSA) is 62.5 Å². The second kappa shape index (κ2) is 5.40. The van der Waals surface area contributed by atoms with Crippen molar-refractivity contribution in [3.8, 4) is 0 Å². The van der Waals surface area contributed by atoms with Gasteiger partial charge in [-0.2, -0.15) is 0 Å². The van der Waals surface area contributed by atoms with Crippen molar-refractivity contribution in [1.82, 2.24) is 14.8 Å². The highest BCUT2D eigenvalue weighted by molar-refractivity contribution is 5.73. The number of hydrogen-bond donors (Lipinski definition) is 1. The van der Waals surface area contributed by atoms with Gasteiger partial charge in [0.2, 0.25) is 5.91 Å². The first-order valence-corrected chi connectivity index (χ1v) is 7.32. The van der Waals surface area contributed by atoms with Gasteiger partial charge in [-0.3, -0.25) is 9.69 Å². The number of anilines is 1. The molecule has 0 saturated carbocycles. The van der Waals surface area contributed by atoms with Gasteiger partial charge in [-0.15, -0.1) is 0 Å². The first-order chi connectivity index (χ1) is 9.63. The molecular weight excluding hydrogens is 252 g/mol. The van der Waals surface area contributed by atoms with Crippen LogP contribution in [0, 0.1) is 5.92 Å². The molecule has 4 rings (SSSR count). The molecule has 0 aliphatic carbocycles.